The summed E-state index contributed by atoms with van der Waals surface area (Å²) in [5.41, 5.74) is 6.84. The van der Waals surface area contributed by atoms with Crippen LogP contribution in [0.1, 0.15) is 18.4 Å². The van der Waals surface area contributed by atoms with Crippen molar-refractivity contribution in [3.05, 3.63) is 35.9 Å². The highest BCUT2D eigenvalue weighted by atomic mass is 35.5. The van der Waals surface area contributed by atoms with Crippen molar-refractivity contribution in [3.63, 3.8) is 0 Å². The maximum Gasteiger partial charge on any atom is 0.305 e. The van der Waals surface area contributed by atoms with E-state index in [-0.39, 0.29) is 24.3 Å². The van der Waals surface area contributed by atoms with Crippen molar-refractivity contribution < 1.29 is 14.3 Å². The lowest BCUT2D eigenvalue weighted by atomic mass is 10.1. The minimum atomic E-state index is -0.569. The molecular formula is C14H21ClN2O3. The van der Waals surface area contributed by atoms with Crippen LogP contribution in [0.3, 0.4) is 0 Å². The Hall–Kier alpha value is -1.59. The Morgan fingerprint density at radius 3 is 2.55 bits per heavy atom. The second-order valence-electron chi connectivity index (χ2n) is 4.27. The van der Waals surface area contributed by atoms with Crippen LogP contribution in [0.4, 0.5) is 0 Å². The molecule has 0 aromatic heterocycles. The molecule has 6 heteroatoms. The fraction of sp³-hybridized carbons (Fsp3) is 0.429. The van der Waals surface area contributed by atoms with Crippen molar-refractivity contribution in [1.82, 2.24) is 5.32 Å². The van der Waals surface area contributed by atoms with Gasteiger partial charge in [-0.2, -0.15) is 0 Å². The number of halogens is 1. The van der Waals surface area contributed by atoms with Gasteiger partial charge in [-0.3, -0.25) is 9.59 Å². The minimum absolute atomic E-state index is 0. The van der Waals surface area contributed by atoms with Crippen LogP contribution in [0, 0.1) is 0 Å². The molecule has 0 fully saturated rings. The largest absolute Gasteiger partial charge is 0.469 e. The molecule has 1 amide bonds. The molecule has 3 N–H and O–H groups in total. The number of hydrogen-bond donors (Lipinski definition) is 2. The van der Waals surface area contributed by atoms with Crippen LogP contribution in [0.5, 0.6) is 0 Å². The lowest BCUT2D eigenvalue weighted by Crippen LogP contribution is -2.42. The van der Waals surface area contributed by atoms with E-state index in [1.54, 1.807) is 0 Å². The number of nitrogens with one attached hydrogen (secondary N) is 1. The van der Waals surface area contributed by atoms with Crippen molar-refractivity contribution >= 4 is 24.3 Å². The number of amides is 1. The first-order chi connectivity index (χ1) is 9.13. The predicted molar refractivity (Wildman–Crippen MR) is 79.6 cm³/mol. The monoisotopic (exact) mass is 300 g/mol. The van der Waals surface area contributed by atoms with Gasteiger partial charge in [-0.05, 0) is 18.4 Å². The van der Waals surface area contributed by atoms with Crippen molar-refractivity contribution in [2.75, 3.05) is 13.7 Å². The van der Waals surface area contributed by atoms with Gasteiger partial charge >= 0.3 is 5.97 Å². The second-order valence-corrected chi connectivity index (χ2v) is 4.27. The summed E-state index contributed by atoms with van der Waals surface area (Å²) in [5.74, 6) is -0.475. The highest BCUT2D eigenvalue weighted by molar-refractivity contribution is 5.85. The van der Waals surface area contributed by atoms with Crippen LogP contribution in [0.15, 0.2) is 30.3 Å². The molecule has 1 rings (SSSR count). The van der Waals surface area contributed by atoms with E-state index in [9.17, 15) is 9.59 Å². The molecule has 0 aliphatic heterocycles. The molecule has 0 bridgehead atoms. The van der Waals surface area contributed by atoms with E-state index < -0.39 is 6.04 Å². The van der Waals surface area contributed by atoms with Gasteiger partial charge < -0.3 is 15.8 Å². The van der Waals surface area contributed by atoms with Crippen LogP contribution in [-0.4, -0.2) is 31.6 Å². The van der Waals surface area contributed by atoms with Crippen LogP contribution in [-0.2, 0) is 20.7 Å². The van der Waals surface area contributed by atoms with Crippen molar-refractivity contribution in [2.45, 2.75) is 25.3 Å². The number of esters is 1. The number of rotatable bonds is 7. The predicted octanol–water partition coefficient (Wildman–Crippen LogP) is 1.05. The lowest BCUT2D eigenvalue weighted by molar-refractivity contribution is -0.140. The zero-order valence-electron chi connectivity index (χ0n) is 11.5. The topological polar surface area (TPSA) is 81.4 Å². The summed E-state index contributed by atoms with van der Waals surface area (Å²) in [6, 6.07) is 9.05. The number of carbonyl (C=O) groups is 2. The Morgan fingerprint density at radius 1 is 1.30 bits per heavy atom. The third-order valence-corrected chi connectivity index (χ3v) is 2.72. The quantitative estimate of drug-likeness (QED) is 0.582. The molecule has 0 saturated heterocycles. The van der Waals surface area contributed by atoms with Gasteiger partial charge in [-0.25, -0.2) is 0 Å². The maximum absolute atomic E-state index is 11.7. The van der Waals surface area contributed by atoms with Crippen LogP contribution in [0.2, 0.25) is 0 Å². The van der Waals surface area contributed by atoms with Crippen LogP contribution < -0.4 is 11.1 Å². The summed E-state index contributed by atoms with van der Waals surface area (Å²) in [6.07, 6.45) is 1.35. The van der Waals surface area contributed by atoms with Crippen molar-refractivity contribution in [3.8, 4) is 0 Å². The molecule has 0 aliphatic rings. The molecule has 112 valence electrons. The highest BCUT2D eigenvalue weighted by Gasteiger charge is 2.13. The summed E-state index contributed by atoms with van der Waals surface area (Å²) >= 11 is 0. The fourth-order valence-electron chi connectivity index (χ4n) is 1.64. The Bertz CT molecular complexity index is 412. The van der Waals surface area contributed by atoms with E-state index in [0.29, 0.717) is 25.8 Å². The first kappa shape index (κ1) is 18.4. The van der Waals surface area contributed by atoms with Gasteiger partial charge in [-0.15, -0.1) is 12.4 Å². The molecule has 1 unspecified atom stereocenters. The van der Waals surface area contributed by atoms with E-state index >= 15 is 0 Å². The molecule has 0 aliphatic carbocycles. The molecule has 20 heavy (non-hydrogen) atoms. The van der Waals surface area contributed by atoms with Crippen molar-refractivity contribution in [2.24, 2.45) is 5.73 Å². The van der Waals surface area contributed by atoms with Crippen molar-refractivity contribution in [1.29, 1.82) is 0 Å². The molecule has 0 spiro atoms. The fourth-order valence-corrected chi connectivity index (χ4v) is 1.64. The molecule has 5 nitrogen and oxygen atoms in total. The summed E-state index contributed by atoms with van der Waals surface area (Å²) in [4.78, 5) is 22.6. The molecule has 1 atom stereocenters. The van der Waals surface area contributed by atoms with Gasteiger partial charge in [0, 0.05) is 13.0 Å². The maximum atomic E-state index is 11.7. The van der Waals surface area contributed by atoms with Gasteiger partial charge in [-0.1, -0.05) is 30.3 Å². The first-order valence-electron chi connectivity index (χ1n) is 6.27. The molecule has 1 aromatic carbocycles. The summed E-state index contributed by atoms with van der Waals surface area (Å²) < 4.78 is 4.51. The van der Waals surface area contributed by atoms with E-state index in [2.05, 4.69) is 10.1 Å². The van der Waals surface area contributed by atoms with E-state index in [0.717, 1.165) is 5.56 Å². The van der Waals surface area contributed by atoms with E-state index in [1.165, 1.54) is 7.11 Å². The Morgan fingerprint density at radius 2 is 1.95 bits per heavy atom. The number of benzene rings is 1. The lowest BCUT2D eigenvalue weighted by Gasteiger charge is -2.12. The molecule has 0 heterocycles. The zero-order valence-corrected chi connectivity index (χ0v) is 12.3. The second kappa shape index (κ2) is 10.2. The van der Waals surface area contributed by atoms with Crippen LogP contribution in [0.25, 0.3) is 0 Å². The number of nitrogens with two attached hydrogens (primary N) is 1. The summed E-state index contributed by atoms with van der Waals surface area (Å²) in [6.45, 7) is 0.427. The molecule has 1 aromatic rings. The van der Waals surface area contributed by atoms with Gasteiger partial charge in [0.2, 0.25) is 5.91 Å². The number of ether oxygens (including phenoxy) is 1. The molecule has 0 saturated carbocycles. The Kier molecular flexibility index (Phi) is 9.41. The average Bonchev–Trinajstić information content (AvgIpc) is 2.44. The van der Waals surface area contributed by atoms with Gasteiger partial charge in [0.25, 0.3) is 0 Å². The Labute approximate surface area is 125 Å². The van der Waals surface area contributed by atoms with Gasteiger partial charge in [0.15, 0.2) is 0 Å². The molecule has 0 radical (unpaired) electrons. The third kappa shape index (κ3) is 7.11. The van der Waals surface area contributed by atoms with E-state index in [4.69, 9.17) is 5.73 Å². The highest BCUT2D eigenvalue weighted by Crippen LogP contribution is 2.01. The number of methoxy groups -OCH3 is 1. The average molecular weight is 301 g/mol. The smallest absolute Gasteiger partial charge is 0.305 e. The standard InChI is InChI=1S/C14H20N2O3.ClH/c1-19-13(17)8-5-9-16-14(18)12(15)10-11-6-3-2-4-7-11;/h2-4,6-7,12H,5,8-10,15H2,1H3,(H,16,18);1H. The van der Waals surface area contributed by atoms with E-state index in [1.807, 2.05) is 30.3 Å². The normalized spacial score (nSPS) is 11.1. The number of carbonyl (C=O) groups excluding carboxylic acids is 2. The summed E-state index contributed by atoms with van der Waals surface area (Å²) in [5, 5.41) is 2.71. The third-order valence-electron chi connectivity index (χ3n) is 2.72. The SMILES string of the molecule is COC(=O)CCCNC(=O)C(N)Cc1ccccc1.Cl. The minimum Gasteiger partial charge on any atom is -0.469 e. The van der Waals surface area contributed by atoms with Crippen LogP contribution >= 0.6 is 12.4 Å². The first-order valence-corrected chi connectivity index (χ1v) is 6.27. The summed E-state index contributed by atoms with van der Waals surface area (Å²) in [7, 11) is 1.34. The number of hydrogen-bond acceptors (Lipinski definition) is 4. The Balaban J connectivity index is 0.00000361. The van der Waals surface area contributed by atoms with Gasteiger partial charge in [0.05, 0.1) is 13.2 Å². The zero-order chi connectivity index (χ0) is 14.1. The van der Waals surface area contributed by atoms with Gasteiger partial charge in [0.1, 0.15) is 0 Å². The molecular weight excluding hydrogens is 280 g/mol.